The first-order chi connectivity index (χ1) is 8.20. The number of benzene rings is 1. The van der Waals surface area contributed by atoms with Crippen LogP contribution in [0.25, 0.3) is 11.3 Å². The van der Waals surface area contributed by atoms with Gasteiger partial charge in [-0.1, -0.05) is 30.1 Å². The third-order valence-electron chi connectivity index (χ3n) is 2.28. The zero-order chi connectivity index (χ0) is 12.3. The highest BCUT2D eigenvalue weighted by Crippen LogP contribution is 2.30. The van der Waals surface area contributed by atoms with Gasteiger partial charge in [0.05, 0.1) is 17.8 Å². The molecule has 3 nitrogen and oxygen atoms in total. The van der Waals surface area contributed by atoms with Crippen LogP contribution in [0.4, 0.5) is 0 Å². The van der Waals surface area contributed by atoms with Gasteiger partial charge in [-0.05, 0) is 24.7 Å². The highest BCUT2D eigenvalue weighted by atomic mass is 35.5. The van der Waals surface area contributed by atoms with Gasteiger partial charge in [-0.2, -0.15) is 0 Å². The molecule has 0 bridgehead atoms. The summed E-state index contributed by atoms with van der Waals surface area (Å²) in [5, 5.41) is 4.30. The van der Waals surface area contributed by atoms with Crippen LogP contribution < -0.4 is 5.32 Å². The lowest BCUT2D eigenvalue weighted by Crippen LogP contribution is -2.11. The monoisotopic (exact) mass is 270 g/mol. The lowest BCUT2D eigenvalue weighted by Gasteiger charge is -2.00. The van der Waals surface area contributed by atoms with Crippen molar-refractivity contribution in [2.45, 2.75) is 13.5 Å². The smallest absolute Gasteiger partial charge is 0.208 e. The molecule has 0 aliphatic carbocycles. The van der Waals surface area contributed by atoms with E-state index < -0.39 is 0 Å². The molecule has 0 radical (unpaired) electrons. The highest BCUT2D eigenvalue weighted by molar-refractivity contribution is 6.36. The maximum absolute atomic E-state index is 6.09. The summed E-state index contributed by atoms with van der Waals surface area (Å²) in [5.41, 5.74) is 0.798. The maximum Gasteiger partial charge on any atom is 0.208 e. The first kappa shape index (κ1) is 12.4. The van der Waals surface area contributed by atoms with Crippen molar-refractivity contribution in [2.75, 3.05) is 6.54 Å². The summed E-state index contributed by atoms with van der Waals surface area (Å²) in [4.78, 5) is 4.17. The Bertz CT molecular complexity index is 511. The van der Waals surface area contributed by atoms with Crippen molar-refractivity contribution in [2.24, 2.45) is 0 Å². The summed E-state index contributed by atoms with van der Waals surface area (Å²) in [5.74, 6) is 1.30. The normalized spacial score (nSPS) is 10.8. The minimum absolute atomic E-state index is 0.559. The molecular formula is C12H12Cl2N2O. The Morgan fingerprint density at radius 3 is 2.88 bits per heavy atom. The minimum atomic E-state index is 0.559. The van der Waals surface area contributed by atoms with Gasteiger partial charge in [-0.25, -0.2) is 4.98 Å². The largest absolute Gasteiger partial charge is 0.439 e. The van der Waals surface area contributed by atoms with Crippen LogP contribution in [0.15, 0.2) is 28.8 Å². The molecule has 5 heteroatoms. The Balaban J connectivity index is 2.24. The first-order valence-electron chi connectivity index (χ1n) is 5.31. The molecule has 1 heterocycles. The fourth-order valence-electron chi connectivity index (χ4n) is 1.44. The van der Waals surface area contributed by atoms with Crippen molar-refractivity contribution in [3.8, 4) is 11.3 Å². The van der Waals surface area contributed by atoms with E-state index >= 15 is 0 Å². The number of aromatic nitrogens is 1. The van der Waals surface area contributed by atoms with Crippen LogP contribution in [0.2, 0.25) is 10.0 Å². The van der Waals surface area contributed by atoms with E-state index in [2.05, 4.69) is 10.3 Å². The Kier molecular flexibility index (Phi) is 4.05. The number of hydrogen-bond acceptors (Lipinski definition) is 3. The Labute approximate surface area is 110 Å². The van der Waals surface area contributed by atoms with Gasteiger partial charge >= 0.3 is 0 Å². The van der Waals surface area contributed by atoms with E-state index in [0.29, 0.717) is 28.2 Å². The lowest BCUT2D eigenvalue weighted by atomic mass is 10.2. The van der Waals surface area contributed by atoms with E-state index in [1.807, 2.05) is 13.0 Å². The van der Waals surface area contributed by atoms with Gasteiger partial charge in [0.2, 0.25) is 5.89 Å². The molecule has 0 saturated carbocycles. The van der Waals surface area contributed by atoms with Crippen molar-refractivity contribution < 1.29 is 4.42 Å². The van der Waals surface area contributed by atoms with Crippen molar-refractivity contribution >= 4 is 23.2 Å². The molecule has 0 spiro atoms. The molecule has 90 valence electrons. The van der Waals surface area contributed by atoms with Crippen LogP contribution >= 0.6 is 23.2 Å². The minimum Gasteiger partial charge on any atom is -0.439 e. The van der Waals surface area contributed by atoms with Crippen molar-refractivity contribution in [1.29, 1.82) is 0 Å². The average molecular weight is 271 g/mol. The molecule has 0 aliphatic rings. The predicted molar refractivity (Wildman–Crippen MR) is 69.3 cm³/mol. The Morgan fingerprint density at radius 1 is 1.35 bits per heavy atom. The van der Waals surface area contributed by atoms with E-state index in [-0.39, 0.29) is 0 Å². The molecule has 1 aromatic heterocycles. The second kappa shape index (κ2) is 5.54. The third kappa shape index (κ3) is 3.00. The van der Waals surface area contributed by atoms with E-state index in [0.717, 1.165) is 12.1 Å². The molecule has 0 aliphatic heterocycles. The molecule has 0 unspecified atom stereocenters. The number of oxazole rings is 1. The fraction of sp³-hybridized carbons (Fsp3) is 0.250. The Morgan fingerprint density at radius 2 is 2.18 bits per heavy atom. The summed E-state index contributed by atoms with van der Waals surface area (Å²) >= 11 is 11.9. The third-order valence-corrected chi connectivity index (χ3v) is 2.82. The van der Waals surface area contributed by atoms with Gasteiger partial charge in [-0.3, -0.25) is 0 Å². The molecule has 2 rings (SSSR count). The number of nitrogens with one attached hydrogen (secondary N) is 1. The second-order valence-corrected chi connectivity index (χ2v) is 4.37. The van der Waals surface area contributed by atoms with Crippen LogP contribution in [0.5, 0.6) is 0 Å². The van der Waals surface area contributed by atoms with Gasteiger partial charge in [0, 0.05) is 10.6 Å². The van der Waals surface area contributed by atoms with Gasteiger partial charge in [-0.15, -0.1) is 0 Å². The standard InChI is InChI=1S/C12H12Cl2N2O/c1-2-15-7-12-16-6-11(17-12)9-4-3-8(13)5-10(9)14/h3-6,15H,2,7H2,1H3. The van der Waals surface area contributed by atoms with Gasteiger partial charge in [0.1, 0.15) is 0 Å². The summed E-state index contributed by atoms with van der Waals surface area (Å²) in [6.07, 6.45) is 1.67. The van der Waals surface area contributed by atoms with Gasteiger partial charge in [0.25, 0.3) is 0 Å². The highest BCUT2D eigenvalue weighted by Gasteiger charge is 2.09. The molecule has 1 aromatic carbocycles. The average Bonchev–Trinajstić information content (AvgIpc) is 2.75. The summed E-state index contributed by atoms with van der Waals surface area (Å²) in [7, 11) is 0. The summed E-state index contributed by atoms with van der Waals surface area (Å²) in [6, 6.07) is 5.28. The molecule has 0 saturated heterocycles. The van der Waals surface area contributed by atoms with Crippen LogP contribution in [0.3, 0.4) is 0 Å². The summed E-state index contributed by atoms with van der Waals surface area (Å²) < 4.78 is 5.59. The molecule has 0 amide bonds. The SMILES string of the molecule is CCNCc1ncc(-c2ccc(Cl)cc2Cl)o1. The van der Waals surface area contributed by atoms with Crippen LogP contribution in [-0.4, -0.2) is 11.5 Å². The van der Waals surface area contributed by atoms with Crippen LogP contribution in [0, 0.1) is 0 Å². The number of nitrogens with zero attached hydrogens (tertiary/aromatic N) is 1. The molecule has 0 fully saturated rings. The van der Waals surface area contributed by atoms with Crippen molar-refractivity contribution in [1.82, 2.24) is 10.3 Å². The van der Waals surface area contributed by atoms with Crippen LogP contribution in [0.1, 0.15) is 12.8 Å². The van der Waals surface area contributed by atoms with E-state index in [4.69, 9.17) is 27.6 Å². The van der Waals surface area contributed by atoms with Crippen LogP contribution in [-0.2, 0) is 6.54 Å². The molecular weight excluding hydrogens is 259 g/mol. The van der Waals surface area contributed by atoms with Gasteiger partial charge in [0.15, 0.2) is 5.76 Å². The van der Waals surface area contributed by atoms with Gasteiger partial charge < -0.3 is 9.73 Å². The lowest BCUT2D eigenvalue weighted by molar-refractivity contribution is 0.482. The van der Waals surface area contributed by atoms with Crippen molar-refractivity contribution in [3.05, 3.63) is 40.3 Å². The zero-order valence-corrected chi connectivity index (χ0v) is 10.8. The number of hydrogen-bond donors (Lipinski definition) is 1. The predicted octanol–water partition coefficient (Wildman–Crippen LogP) is 3.76. The van der Waals surface area contributed by atoms with E-state index in [1.54, 1.807) is 18.3 Å². The van der Waals surface area contributed by atoms with E-state index in [1.165, 1.54) is 0 Å². The molecule has 17 heavy (non-hydrogen) atoms. The second-order valence-electron chi connectivity index (χ2n) is 3.52. The van der Waals surface area contributed by atoms with Crippen molar-refractivity contribution in [3.63, 3.8) is 0 Å². The topological polar surface area (TPSA) is 38.1 Å². The first-order valence-corrected chi connectivity index (χ1v) is 6.07. The molecule has 0 atom stereocenters. The molecule has 1 N–H and O–H groups in total. The number of rotatable bonds is 4. The van der Waals surface area contributed by atoms with E-state index in [9.17, 15) is 0 Å². The maximum atomic E-state index is 6.09. The quantitative estimate of drug-likeness (QED) is 0.920. The summed E-state index contributed by atoms with van der Waals surface area (Å²) in [6.45, 7) is 3.51. The zero-order valence-electron chi connectivity index (χ0n) is 9.34. The molecule has 2 aromatic rings. The fourth-order valence-corrected chi connectivity index (χ4v) is 1.94. The Hall–Kier alpha value is -1.03. The number of halogens is 2.